The first kappa shape index (κ1) is 30.7. The van der Waals surface area contributed by atoms with Crippen LogP contribution >= 0.6 is 0 Å². The second kappa shape index (κ2) is 13.7. The molecule has 13 heteroatoms. The van der Waals surface area contributed by atoms with Crippen molar-refractivity contribution in [3.05, 3.63) is 60.2 Å². The van der Waals surface area contributed by atoms with Crippen LogP contribution in [0, 0.1) is 5.92 Å². The molecule has 3 aliphatic heterocycles. The van der Waals surface area contributed by atoms with Gasteiger partial charge in [-0.1, -0.05) is 34.8 Å². The summed E-state index contributed by atoms with van der Waals surface area (Å²) in [6.07, 6.45) is -1.92. The van der Waals surface area contributed by atoms with E-state index in [0.717, 1.165) is 10.0 Å². The Hall–Kier alpha value is -2.78. The summed E-state index contributed by atoms with van der Waals surface area (Å²) in [6.45, 7) is 0.911. The van der Waals surface area contributed by atoms with Crippen molar-refractivity contribution in [2.24, 2.45) is 5.92 Å². The van der Waals surface area contributed by atoms with Crippen molar-refractivity contribution in [2.75, 3.05) is 40.1 Å². The minimum Gasteiger partial charge on any atom is -0.497 e. The van der Waals surface area contributed by atoms with Gasteiger partial charge in [-0.25, -0.2) is 13.2 Å². The van der Waals surface area contributed by atoms with Crippen LogP contribution in [0.3, 0.4) is 0 Å². The molecule has 5 rings (SSSR count). The third kappa shape index (κ3) is 6.88. The van der Waals surface area contributed by atoms with E-state index in [9.17, 15) is 23.4 Å². The Balaban J connectivity index is 1.47. The summed E-state index contributed by atoms with van der Waals surface area (Å²) in [4.78, 5) is 20.0. The Labute approximate surface area is 245 Å². The van der Waals surface area contributed by atoms with Crippen molar-refractivity contribution in [3.8, 4) is 5.75 Å². The average Bonchev–Trinajstić information content (AvgIpc) is 3.62. The van der Waals surface area contributed by atoms with E-state index in [0.29, 0.717) is 44.8 Å². The van der Waals surface area contributed by atoms with Crippen LogP contribution in [0.15, 0.2) is 59.5 Å². The molecule has 3 heterocycles. The fourth-order valence-electron chi connectivity index (χ4n) is 5.82. The van der Waals surface area contributed by atoms with Crippen molar-refractivity contribution in [2.45, 2.75) is 61.2 Å². The second-order valence-corrected chi connectivity index (χ2v) is 12.5. The molecule has 3 saturated heterocycles. The lowest BCUT2D eigenvalue weighted by Crippen LogP contribution is -2.57. The van der Waals surface area contributed by atoms with E-state index in [4.69, 9.17) is 23.8 Å². The maximum absolute atomic E-state index is 13.9. The normalized spacial score (nSPS) is 24.3. The number of hydrogen-bond donors (Lipinski definition) is 2. The van der Waals surface area contributed by atoms with Crippen molar-refractivity contribution in [1.29, 1.82) is 0 Å². The molecule has 42 heavy (non-hydrogen) atoms. The van der Waals surface area contributed by atoms with Gasteiger partial charge in [0.2, 0.25) is 0 Å². The number of ether oxygens (including phenoxy) is 4. The number of hydrogen-bond acceptors (Lipinski definition) is 9. The van der Waals surface area contributed by atoms with Gasteiger partial charge in [-0.05, 0) is 55.5 Å². The number of nitrogens with zero attached hydrogens (tertiary/aromatic N) is 2. The number of fused-ring (bicyclic) bond motifs is 1. The monoisotopic (exact) mass is 606 g/mol. The SMILES string of the molecule is COc1ccc(S(=O)(=O)N(C[C@H](O)[C@H](Cc2ccccc2)N(C(=O)O)[C@H]2CO[C@H]3OCC[C@H]32)OC2CCOCC2)cc1. The predicted octanol–water partition coefficient (Wildman–Crippen LogP) is 2.51. The molecule has 0 unspecified atom stereocenters. The highest BCUT2D eigenvalue weighted by molar-refractivity contribution is 7.89. The molecule has 5 atom stereocenters. The predicted molar refractivity (Wildman–Crippen MR) is 149 cm³/mol. The molecule has 0 aliphatic carbocycles. The number of aliphatic hydroxyl groups excluding tert-OH is 1. The summed E-state index contributed by atoms with van der Waals surface area (Å²) in [5.74, 6) is 0.295. The van der Waals surface area contributed by atoms with E-state index in [2.05, 4.69) is 0 Å². The van der Waals surface area contributed by atoms with E-state index in [1.54, 1.807) is 0 Å². The number of carboxylic acid groups (broad SMARTS) is 1. The zero-order valence-corrected chi connectivity index (χ0v) is 24.3. The molecular weight excluding hydrogens is 568 g/mol. The van der Waals surface area contributed by atoms with Gasteiger partial charge >= 0.3 is 6.09 Å². The first-order valence-corrected chi connectivity index (χ1v) is 15.6. The highest BCUT2D eigenvalue weighted by Crippen LogP contribution is 2.36. The maximum atomic E-state index is 13.9. The molecule has 0 saturated carbocycles. The fourth-order valence-corrected chi connectivity index (χ4v) is 7.12. The van der Waals surface area contributed by atoms with Gasteiger partial charge in [0.25, 0.3) is 10.0 Å². The third-order valence-corrected chi connectivity index (χ3v) is 9.71. The van der Waals surface area contributed by atoms with Crippen LogP contribution in [0.5, 0.6) is 5.75 Å². The second-order valence-electron chi connectivity index (χ2n) is 10.7. The number of sulfonamides is 1. The summed E-state index contributed by atoms with van der Waals surface area (Å²) in [5, 5.41) is 22.2. The summed E-state index contributed by atoms with van der Waals surface area (Å²) in [7, 11) is -2.78. The molecule has 0 spiro atoms. The van der Waals surface area contributed by atoms with Crippen molar-refractivity contribution < 1.29 is 47.2 Å². The van der Waals surface area contributed by atoms with Crippen LogP contribution in [0.25, 0.3) is 0 Å². The Morgan fingerprint density at radius 3 is 2.40 bits per heavy atom. The number of carbonyl (C=O) groups is 1. The van der Waals surface area contributed by atoms with Gasteiger partial charge in [0, 0.05) is 19.1 Å². The van der Waals surface area contributed by atoms with Crippen LogP contribution in [0.4, 0.5) is 4.79 Å². The van der Waals surface area contributed by atoms with Gasteiger partial charge in [0.1, 0.15) is 5.75 Å². The van der Waals surface area contributed by atoms with E-state index < -0.39 is 53.2 Å². The summed E-state index contributed by atoms with van der Waals surface area (Å²) >= 11 is 0. The molecule has 2 N–H and O–H groups in total. The van der Waals surface area contributed by atoms with Crippen LogP contribution in [-0.2, 0) is 35.5 Å². The molecule has 0 bridgehead atoms. The molecule has 0 radical (unpaired) electrons. The molecule has 2 aromatic carbocycles. The van der Waals surface area contributed by atoms with Gasteiger partial charge in [-0.15, -0.1) is 0 Å². The molecular formula is C29H38N2O10S. The maximum Gasteiger partial charge on any atom is 0.407 e. The van der Waals surface area contributed by atoms with Gasteiger partial charge in [-0.3, -0.25) is 9.74 Å². The Morgan fingerprint density at radius 2 is 1.74 bits per heavy atom. The number of benzene rings is 2. The zero-order valence-electron chi connectivity index (χ0n) is 23.5. The topological polar surface area (TPSA) is 144 Å². The molecule has 0 aromatic heterocycles. The number of methoxy groups -OCH3 is 1. The molecule has 3 aliphatic rings. The lowest BCUT2D eigenvalue weighted by molar-refractivity contribution is -0.172. The number of amides is 1. The van der Waals surface area contributed by atoms with Gasteiger partial charge in [-0.2, -0.15) is 0 Å². The average molecular weight is 607 g/mol. The van der Waals surface area contributed by atoms with Crippen LogP contribution < -0.4 is 4.74 Å². The van der Waals surface area contributed by atoms with Crippen molar-refractivity contribution in [3.63, 3.8) is 0 Å². The number of hydroxylamine groups is 1. The highest BCUT2D eigenvalue weighted by atomic mass is 32.2. The molecule has 12 nitrogen and oxygen atoms in total. The largest absolute Gasteiger partial charge is 0.497 e. The molecule has 2 aromatic rings. The molecule has 230 valence electrons. The lowest BCUT2D eigenvalue weighted by atomic mass is 9.93. The first-order valence-electron chi connectivity index (χ1n) is 14.2. The third-order valence-electron chi connectivity index (χ3n) is 8.07. The minimum absolute atomic E-state index is 0.0487. The summed E-state index contributed by atoms with van der Waals surface area (Å²) < 4.78 is 50.5. The van der Waals surface area contributed by atoms with Crippen LogP contribution in [0.1, 0.15) is 24.8 Å². The zero-order chi connectivity index (χ0) is 29.7. The highest BCUT2D eigenvalue weighted by Gasteiger charge is 2.49. The fraction of sp³-hybridized carbons (Fsp3) is 0.552. The van der Waals surface area contributed by atoms with Crippen molar-refractivity contribution in [1.82, 2.24) is 9.37 Å². The lowest BCUT2D eigenvalue weighted by Gasteiger charge is -2.39. The number of aliphatic hydroxyl groups is 1. The number of rotatable bonds is 12. The van der Waals surface area contributed by atoms with Crippen molar-refractivity contribution >= 4 is 16.1 Å². The Kier molecular flexibility index (Phi) is 9.99. The molecule has 3 fully saturated rings. The van der Waals surface area contributed by atoms with Gasteiger partial charge in [0.15, 0.2) is 6.29 Å². The van der Waals surface area contributed by atoms with E-state index >= 15 is 0 Å². The Bertz CT molecular complexity index is 1270. The summed E-state index contributed by atoms with van der Waals surface area (Å²) in [5.41, 5.74) is 0.792. The van der Waals surface area contributed by atoms with Gasteiger partial charge in [0.05, 0.1) is 56.1 Å². The van der Waals surface area contributed by atoms with Crippen LogP contribution in [0.2, 0.25) is 0 Å². The minimum atomic E-state index is -4.26. The van der Waals surface area contributed by atoms with E-state index in [-0.39, 0.29) is 23.8 Å². The summed E-state index contributed by atoms with van der Waals surface area (Å²) in [6, 6.07) is 13.5. The smallest absolute Gasteiger partial charge is 0.407 e. The van der Waals surface area contributed by atoms with Crippen LogP contribution in [-0.4, -0.2) is 105 Å². The van der Waals surface area contributed by atoms with E-state index in [1.165, 1.54) is 36.3 Å². The van der Waals surface area contributed by atoms with E-state index in [1.807, 2.05) is 30.3 Å². The molecule has 1 amide bonds. The standard InChI is InChI=1S/C29H38N2O10S/c1-37-21-7-9-23(10-8-21)42(35,36)30(41-22-11-14-38-15-12-22)18-27(32)25(17-20-5-3-2-4-6-20)31(29(33)34)26-19-40-28-24(26)13-16-39-28/h2-10,22,24-28,32H,11-19H2,1H3,(H,33,34)/t24-,25-,26-,27-,28+/m0/s1. The quantitative estimate of drug-likeness (QED) is 0.346. The first-order chi connectivity index (χ1) is 20.3. The van der Waals surface area contributed by atoms with Gasteiger partial charge < -0.3 is 29.2 Å². The Morgan fingerprint density at radius 1 is 1.02 bits per heavy atom.